The van der Waals surface area contributed by atoms with Crippen LogP contribution in [0.4, 0.5) is 0 Å². The number of nitro groups is 1. The molecule has 128 valence electrons. The summed E-state index contributed by atoms with van der Waals surface area (Å²) in [7, 11) is 3.05. The molecule has 0 aromatic heterocycles. The van der Waals surface area contributed by atoms with Crippen LogP contribution in [0.2, 0.25) is 0 Å². The number of nitrogens with one attached hydrogen (secondary N) is 1. The molecule has 0 saturated heterocycles. The summed E-state index contributed by atoms with van der Waals surface area (Å²) >= 11 is 0. The summed E-state index contributed by atoms with van der Waals surface area (Å²) in [5, 5.41) is 13.7. The maximum absolute atomic E-state index is 12.3. The predicted molar refractivity (Wildman–Crippen MR) is 90.4 cm³/mol. The Balaban J connectivity index is 2.94. The average Bonchev–Trinajstić information content (AvgIpc) is 2.59. The van der Waals surface area contributed by atoms with Crippen molar-refractivity contribution in [1.29, 1.82) is 0 Å². The van der Waals surface area contributed by atoms with Crippen molar-refractivity contribution in [2.24, 2.45) is 0 Å². The van der Waals surface area contributed by atoms with Crippen molar-refractivity contribution in [3.05, 3.63) is 70.0 Å². The van der Waals surface area contributed by atoms with Gasteiger partial charge in [-0.15, -0.1) is 0 Å². The summed E-state index contributed by atoms with van der Waals surface area (Å²) in [5.74, 6) is 0.619. The van der Waals surface area contributed by atoms with E-state index in [9.17, 15) is 14.9 Å². The molecule has 0 saturated carbocycles. The van der Waals surface area contributed by atoms with Crippen molar-refractivity contribution < 1.29 is 19.2 Å². The largest absolute Gasteiger partial charge is 0.497 e. The zero-order chi connectivity index (χ0) is 18.1. The van der Waals surface area contributed by atoms with E-state index in [1.54, 1.807) is 32.2 Å². The van der Waals surface area contributed by atoms with Crippen molar-refractivity contribution in [3.8, 4) is 11.5 Å². The first-order chi connectivity index (χ1) is 11.5. The molecular weight excluding hydrogens is 312 g/mol. The normalized spacial score (nSPS) is 11.6. The van der Waals surface area contributed by atoms with Gasteiger partial charge in [-0.3, -0.25) is 14.9 Å². The van der Waals surface area contributed by atoms with Crippen LogP contribution in [0.1, 0.15) is 12.5 Å². The smallest absolute Gasteiger partial charge is 0.281 e. The Labute approximate surface area is 140 Å². The third-order valence-corrected chi connectivity index (χ3v) is 3.22. The van der Waals surface area contributed by atoms with Gasteiger partial charge in [0.25, 0.3) is 11.6 Å². The molecule has 0 aliphatic heterocycles. The minimum atomic E-state index is -0.620. The summed E-state index contributed by atoms with van der Waals surface area (Å²) in [5.41, 5.74) is 0.372. The first-order valence-electron chi connectivity index (χ1n) is 7.11. The maximum Gasteiger partial charge on any atom is 0.281 e. The topological polar surface area (TPSA) is 90.7 Å². The Morgan fingerprint density at radius 1 is 1.38 bits per heavy atom. The van der Waals surface area contributed by atoms with Gasteiger partial charge in [0.05, 0.1) is 19.1 Å². The number of amides is 1. The van der Waals surface area contributed by atoms with E-state index in [4.69, 9.17) is 9.47 Å². The Morgan fingerprint density at radius 3 is 2.58 bits per heavy atom. The van der Waals surface area contributed by atoms with Crippen LogP contribution in [0.25, 0.3) is 0 Å². The maximum atomic E-state index is 12.3. The van der Waals surface area contributed by atoms with Gasteiger partial charge < -0.3 is 14.8 Å². The Kier molecular flexibility index (Phi) is 7.22. The van der Waals surface area contributed by atoms with E-state index < -0.39 is 10.8 Å². The van der Waals surface area contributed by atoms with E-state index in [1.807, 2.05) is 0 Å². The number of ether oxygens (including phenoxy) is 2. The number of nitrogens with zero attached hydrogens (tertiary/aromatic N) is 1. The van der Waals surface area contributed by atoms with Crippen LogP contribution in [-0.4, -0.2) is 25.1 Å². The number of carbonyl (C=O) groups excluding carboxylic acids is 1. The molecule has 0 fully saturated rings. The molecule has 0 bridgehead atoms. The minimum absolute atomic E-state index is 0.0348. The number of benzene rings is 1. The van der Waals surface area contributed by atoms with Gasteiger partial charge in [0.2, 0.25) is 0 Å². The molecule has 0 spiro atoms. The molecule has 7 heteroatoms. The standard InChI is InChI=1S/C17H20N2O5/c1-5-7-15(19(21)22)14(6-2)17(20)18-11-12-8-9-13(23-3)10-16(12)24-4/h5-10H,1,11H2,2-4H3,(H,18,20)/b14-6+,15-7+. The second-order valence-electron chi connectivity index (χ2n) is 4.61. The summed E-state index contributed by atoms with van der Waals surface area (Å²) in [4.78, 5) is 22.7. The molecule has 1 amide bonds. The van der Waals surface area contributed by atoms with Crippen LogP contribution >= 0.6 is 0 Å². The number of methoxy groups -OCH3 is 2. The third-order valence-electron chi connectivity index (χ3n) is 3.22. The van der Waals surface area contributed by atoms with Crippen LogP contribution < -0.4 is 14.8 Å². The number of rotatable bonds is 8. The van der Waals surface area contributed by atoms with E-state index in [2.05, 4.69) is 11.9 Å². The van der Waals surface area contributed by atoms with Gasteiger partial charge in [-0.1, -0.05) is 18.7 Å². The average molecular weight is 332 g/mol. The lowest BCUT2D eigenvalue weighted by Gasteiger charge is -2.12. The highest BCUT2D eigenvalue weighted by Gasteiger charge is 2.22. The fourth-order valence-electron chi connectivity index (χ4n) is 2.02. The second-order valence-corrected chi connectivity index (χ2v) is 4.61. The monoisotopic (exact) mass is 332 g/mol. The second kappa shape index (κ2) is 9.14. The molecule has 0 aliphatic carbocycles. The van der Waals surface area contributed by atoms with Gasteiger partial charge in [0.1, 0.15) is 17.1 Å². The lowest BCUT2D eigenvalue weighted by atomic mass is 10.1. The van der Waals surface area contributed by atoms with Crippen molar-refractivity contribution in [2.45, 2.75) is 13.5 Å². The highest BCUT2D eigenvalue weighted by molar-refractivity contribution is 5.97. The van der Waals surface area contributed by atoms with Crippen LogP contribution in [0.5, 0.6) is 11.5 Å². The van der Waals surface area contributed by atoms with Crippen molar-refractivity contribution in [1.82, 2.24) is 5.32 Å². The summed E-state index contributed by atoms with van der Waals surface area (Å²) in [6.45, 7) is 5.14. The van der Waals surface area contributed by atoms with E-state index in [0.717, 1.165) is 5.56 Å². The Bertz CT molecular complexity index is 692. The highest BCUT2D eigenvalue weighted by atomic mass is 16.6. The SMILES string of the molecule is C=C/C=C(\C(=C/C)C(=O)NCc1ccc(OC)cc1OC)[N+](=O)[O-]. The number of hydrogen-bond acceptors (Lipinski definition) is 5. The summed E-state index contributed by atoms with van der Waals surface area (Å²) in [6, 6.07) is 5.18. The number of allylic oxidation sites excluding steroid dienone is 3. The van der Waals surface area contributed by atoms with Crippen LogP contribution in [0, 0.1) is 10.1 Å². The third kappa shape index (κ3) is 4.70. The summed E-state index contributed by atoms with van der Waals surface area (Å²) < 4.78 is 10.4. The van der Waals surface area contributed by atoms with Crippen molar-refractivity contribution in [3.63, 3.8) is 0 Å². The van der Waals surface area contributed by atoms with Gasteiger partial charge in [-0.2, -0.15) is 0 Å². The first kappa shape index (κ1) is 19.0. The molecule has 0 heterocycles. The van der Waals surface area contributed by atoms with E-state index in [1.165, 1.54) is 25.3 Å². The van der Waals surface area contributed by atoms with Crippen LogP contribution in [0.15, 0.2) is 54.3 Å². The molecule has 0 aliphatic rings. The zero-order valence-electron chi connectivity index (χ0n) is 13.9. The Morgan fingerprint density at radius 2 is 2.08 bits per heavy atom. The van der Waals surface area contributed by atoms with E-state index in [0.29, 0.717) is 11.5 Å². The van der Waals surface area contributed by atoms with Crippen LogP contribution in [0.3, 0.4) is 0 Å². The van der Waals surface area contributed by atoms with Crippen molar-refractivity contribution >= 4 is 5.91 Å². The minimum Gasteiger partial charge on any atom is -0.497 e. The van der Waals surface area contributed by atoms with Gasteiger partial charge in [0.15, 0.2) is 0 Å². The number of hydrogen-bond donors (Lipinski definition) is 1. The molecule has 0 radical (unpaired) electrons. The molecular formula is C17H20N2O5. The molecule has 0 unspecified atom stereocenters. The molecule has 1 rings (SSSR count). The van der Waals surface area contributed by atoms with Gasteiger partial charge in [-0.05, 0) is 19.1 Å². The molecule has 0 atom stereocenters. The first-order valence-corrected chi connectivity index (χ1v) is 7.11. The zero-order valence-corrected chi connectivity index (χ0v) is 13.9. The fraction of sp³-hybridized carbons (Fsp3) is 0.235. The lowest BCUT2D eigenvalue weighted by Crippen LogP contribution is -2.27. The quantitative estimate of drug-likeness (QED) is 0.342. The highest BCUT2D eigenvalue weighted by Crippen LogP contribution is 2.24. The van der Waals surface area contributed by atoms with Gasteiger partial charge >= 0.3 is 0 Å². The summed E-state index contributed by atoms with van der Waals surface area (Å²) in [6.07, 6.45) is 3.84. The Hall–Kier alpha value is -3.09. The fourth-order valence-corrected chi connectivity index (χ4v) is 2.02. The molecule has 24 heavy (non-hydrogen) atoms. The molecule has 1 N–H and O–H groups in total. The lowest BCUT2D eigenvalue weighted by molar-refractivity contribution is -0.420. The van der Waals surface area contributed by atoms with E-state index in [-0.39, 0.29) is 17.8 Å². The van der Waals surface area contributed by atoms with Gasteiger partial charge in [0, 0.05) is 24.3 Å². The molecule has 1 aromatic rings. The molecule has 1 aromatic carbocycles. The van der Waals surface area contributed by atoms with Crippen LogP contribution in [-0.2, 0) is 11.3 Å². The predicted octanol–water partition coefficient (Wildman–Crippen LogP) is 2.61. The number of carbonyl (C=O) groups is 1. The van der Waals surface area contributed by atoms with E-state index >= 15 is 0 Å². The molecule has 7 nitrogen and oxygen atoms in total. The van der Waals surface area contributed by atoms with Gasteiger partial charge in [-0.25, -0.2) is 0 Å². The van der Waals surface area contributed by atoms with Crippen molar-refractivity contribution in [2.75, 3.05) is 14.2 Å².